The fourth-order valence-electron chi connectivity index (χ4n) is 2.14. The second kappa shape index (κ2) is 4.98. The molecule has 0 atom stereocenters. The molecule has 0 spiro atoms. The lowest BCUT2D eigenvalue weighted by molar-refractivity contribution is 0.709. The van der Waals surface area contributed by atoms with Crippen molar-refractivity contribution < 1.29 is 0 Å². The molecule has 0 radical (unpaired) electrons. The van der Waals surface area contributed by atoms with Crippen LogP contribution < -0.4 is 0 Å². The van der Waals surface area contributed by atoms with Gasteiger partial charge in [0, 0.05) is 4.47 Å². The van der Waals surface area contributed by atoms with E-state index < -0.39 is 0 Å². The summed E-state index contributed by atoms with van der Waals surface area (Å²) in [4.78, 5) is 0. The van der Waals surface area contributed by atoms with Gasteiger partial charge in [0.25, 0.3) is 0 Å². The number of unbranched alkanes of at least 4 members (excludes halogenated alkanes) is 2. The molecule has 0 saturated carbocycles. The van der Waals surface area contributed by atoms with E-state index in [0.717, 1.165) is 0 Å². The molecular formula is C14H17Br. The predicted octanol–water partition coefficient (Wildman–Crippen LogP) is 4.97. The Balaban J connectivity index is 2.00. The zero-order valence-electron chi connectivity index (χ0n) is 9.22. The third-order valence-corrected chi connectivity index (χ3v) is 3.48. The van der Waals surface area contributed by atoms with Crippen molar-refractivity contribution in [3.63, 3.8) is 0 Å². The smallest absolute Gasteiger partial charge is 0.0181 e. The van der Waals surface area contributed by atoms with Crippen LogP contribution in [0.4, 0.5) is 0 Å². The van der Waals surface area contributed by atoms with Gasteiger partial charge in [0.1, 0.15) is 0 Å². The number of rotatable bonds is 4. The van der Waals surface area contributed by atoms with Crippen LogP contribution in [0, 0.1) is 0 Å². The molecule has 0 unspecified atom stereocenters. The van der Waals surface area contributed by atoms with E-state index in [9.17, 15) is 0 Å². The quantitative estimate of drug-likeness (QED) is 0.674. The number of hydrogen-bond donors (Lipinski definition) is 0. The molecule has 1 aromatic rings. The van der Waals surface area contributed by atoms with Crippen molar-refractivity contribution in [1.29, 1.82) is 0 Å². The Kier molecular flexibility index (Phi) is 3.63. The maximum Gasteiger partial charge on any atom is 0.0181 e. The minimum absolute atomic E-state index is 1.17. The second-order valence-electron chi connectivity index (χ2n) is 4.28. The largest absolute Gasteiger partial charge is 0.0654 e. The molecule has 15 heavy (non-hydrogen) atoms. The topological polar surface area (TPSA) is 0 Å². The molecular weight excluding hydrogens is 248 g/mol. The first-order valence-corrected chi connectivity index (χ1v) is 6.57. The molecule has 1 aliphatic rings. The third kappa shape index (κ3) is 2.72. The lowest BCUT2D eigenvalue weighted by atomic mass is 10.1. The Labute approximate surface area is 101 Å². The first-order chi connectivity index (χ1) is 7.29. The molecule has 0 aliphatic heterocycles. The average Bonchev–Trinajstić information content (AvgIpc) is 2.60. The summed E-state index contributed by atoms with van der Waals surface area (Å²) in [5.74, 6) is 0. The molecule has 1 heteroatoms. The van der Waals surface area contributed by atoms with E-state index in [4.69, 9.17) is 0 Å². The summed E-state index contributed by atoms with van der Waals surface area (Å²) in [6.45, 7) is 2.26. The van der Waals surface area contributed by atoms with Gasteiger partial charge in [-0.1, -0.05) is 53.4 Å². The van der Waals surface area contributed by atoms with Crippen LogP contribution in [0.5, 0.6) is 0 Å². The number of halogens is 1. The number of hydrogen-bond acceptors (Lipinski definition) is 0. The fourth-order valence-corrected chi connectivity index (χ4v) is 2.52. The van der Waals surface area contributed by atoms with Gasteiger partial charge in [-0.25, -0.2) is 0 Å². The monoisotopic (exact) mass is 264 g/mol. The van der Waals surface area contributed by atoms with Gasteiger partial charge in [-0.05, 0) is 42.5 Å². The van der Waals surface area contributed by atoms with Gasteiger partial charge in [-0.3, -0.25) is 0 Å². The number of benzene rings is 1. The average molecular weight is 265 g/mol. The van der Waals surface area contributed by atoms with Gasteiger partial charge in [-0.15, -0.1) is 0 Å². The lowest BCUT2D eigenvalue weighted by Gasteiger charge is -2.00. The Morgan fingerprint density at radius 1 is 1.27 bits per heavy atom. The van der Waals surface area contributed by atoms with Crippen molar-refractivity contribution in [3.8, 4) is 0 Å². The maximum absolute atomic E-state index is 3.52. The molecule has 80 valence electrons. The second-order valence-corrected chi connectivity index (χ2v) is 5.20. The highest BCUT2D eigenvalue weighted by Crippen LogP contribution is 2.30. The van der Waals surface area contributed by atoms with E-state index in [0.29, 0.717) is 0 Å². The van der Waals surface area contributed by atoms with Crippen molar-refractivity contribution in [2.45, 2.75) is 39.0 Å². The van der Waals surface area contributed by atoms with Crippen LogP contribution in [0.2, 0.25) is 0 Å². The molecule has 0 bridgehead atoms. The van der Waals surface area contributed by atoms with E-state index in [1.54, 1.807) is 5.57 Å². The molecule has 0 saturated heterocycles. The first-order valence-electron chi connectivity index (χ1n) is 5.77. The Morgan fingerprint density at radius 3 is 2.93 bits per heavy atom. The molecule has 0 amide bonds. The Bertz CT molecular complexity index is 377. The summed E-state index contributed by atoms with van der Waals surface area (Å²) in [7, 11) is 0. The normalized spacial score (nSPS) is 13.9. The van der Waals surface area contributed by atoms with Crippen molar-refractivity contribution in [1.82, 2.24) is 0 Å². The minimum atomic E-state index is 1.17. The molecule has 1 aliphatic carbocycles. The van der Waals surface area contributed by atoms with Crippen LogP contribution in [-0.4, -0.2) is 0 Å². The Morgan fingerprint density at radius 2 is 2.13 bits per heavy atom. The van der Waals surface area contributed by atoms with E-state index in [-0.39, 0.29) is 0 Å². The summed E-state index contributed by atoms with van der Waals surface area (Å²) in [6, 6.07) is 6.60. The zero-order chi connectivity index (χ0) is 10.7. The molecule has 0 heterocycles. The predicted molar refractivity (Wildman–Crippen MR) is 70.0 cm³/mol. The summed E-state index contributed by atoms with van der Waals surface area (Å²) in [5, 5.41) is 0. The van der Waals surface area contributed by atoms with Crippen LogP contribution in [0.25, 0.3) is 6.08 Å². The standard InChI is InChI=1S/C14H17Br/c1-2-3-4-5-11-8-12-6-7-14(15)10-13(12)9-11/h6-7,9-10H,2-5,8H2,1H3. The highest BCUT2D eigenvalue weighted by molar-refractivity contribution is 9.10. The first kappa shape index (κ1) is 10.9. The molecule has 1 aromatic carbocycles. The van der Waals surface area contributed by atoms with Crippen molar-refractivity contribution >= 4 is 22.0 Å². The highest BCUT2D eigenvalue weighted by Gasteiger charge is 2.11. The zero-order valence-corrected chi connectivity index (χ0v) is 10.8. The maximum atomic E-state index is 3.52. The number of allylic oxidation sites excluding steroid dienone is 1. The molecule has 0 aromatic heterocycles. The van der Waals surface area contributed by atoms with E-state index in [2.05, 4.69) is 47.1 Å². The lowest BCUT2D eigenvalue weighted by Crippen LogP contribution is -1.85. The van der Waals surface area contributed by atoms with Gasteiger partial charge in [0.05, 0.1) is 0 Å². The van der Waals surface area contributed by atoms with Gasteiger partial charge < -0.3 is 0 Å². The highest BCUT2D eigenvalue weighted by atomic mass is 79.9. The number of fused-ring (bicyclic) bond motifs is 1. The SMILES string of the molecule is CCCCCC1=Cc2cc(Br)ccc2C1. The summed E-state index contributed by atoms with van der Waals surface area (Å²) in [5.41, 5.74) is 4.51. The summed E-state index contributed by atoms with van der Waals surface area (Å²) < 4.78 is 1.19. The minimum Gasteiger partial charge on any atom is -0.0654 e. The van der Waals surface area contributed by atoms with Gasteiger partial charge in [-0.2, -0.15) is 0 Å². The van der Waals surface area contributed by atoms with Crippen LogP contribution >= 0.6 is 15.9 Å². The molecule has 2 rings (SSSR count). The molecule has 0 fully saturated rings. The fraction of sp³-hybridized carbons (Fsp3) is 0.429. The summed E-state index contributed by atoms with van der Waals surface area (Å²) in [6.07, 6.45) is 8.84. The molecule has 0 nitrogen and oxygen atoms in total. The van der Waals surface area contributed by atoms with Crippen LogP contribution in [0.1, 0.15) is 43.7 Å². The van der Waals surface area contributed by atoms with Crippen LogP contribution in [0.15, 0.2) is 28.2 Å². The van der Waals surface area contributed by atoms with Crippen molar-refractivity contribution in [2.75, 3.05) is 0 Å². The van der Waals surface area contributed by atoms with Crippen molar-refractivity contribution in [3.05, 3.63) is 39.4 Å². The van der Waals surface area contributed by atoms with Gasteiger partial charge in [0.15, 0.2) is 0 Å². The van der Waals surface area contributed by atoms with E-state index in [1.165, 1.54) is 47.7 Å². The van der Waals surface area contributed by atoms with E-state index >= 15 is 0 Å². The van der Waals surface area contributed by atoms with Crippen molar-refractivity contribution in [2.24, 2.45) is 0 Å². The van der Waals surface area contributed by atoms with Gasteiger partial charge >= 0.3 is 0 Å². The Hall–Kier alpha value is -0.560. The summed E-state index contributed by atoms with van der Waals surface area (Å²) >= 11 is 3.52. The third-order valence-electron chi connectivity index (χ3n) is 2.99. The van der Waals surface area contributed by atoms with Crippen LogP contribution in [0.3, 0.4) is 0 Å². The van der Waals surface area contributed by atoms with Crippen LogP contribution in [-0.2, 0) is 6.42 Å². The van der Waals surface area contributed by atoms with E-state index in [1.807, 2.05) is 0 Å². The van der Waals surface area contributed by atoms with Gasteiger partial charge in [0.2, 0.25) is 0 Å². The molecule has 0 N–H and O–H groups in total.